The van der Waals surface area contributed by atoms with Gasteiger partial charge in [-0.2, -0.15) is 5.10 Å². The fourth-order valence-electron chi connectivity index (χ4n) is 3.06. The summed E-state index contributed by atoms with van der Waals surface area (Å²) in [5.74, 6) is 2.62. The third kappa shape index (κ3) is 3.25. The SMILES string of the molecule is Cc1ccn(-c2cc(N3CCN(C(=O)CC4CC4)CC3)ncn2)n1. The molecule has 0 atom stereocenters. The molecule has 2 aliphatic rings. The van der Waals surface area contributed by atoms with Crippen molar-refractivity contribution < 1.29 is 4.79 Å². The van der Waals surface area contributed by atoms with E-state index in [2.05, 4.69) is 20.0 Å². The number of piperazine rings is 1. The van der Waals surface area contributed by atoms with Crippen LogP contribution in [0, 0.1) is 12.8 Å². The number of carbonyl (C=O) groups excluding carboxylic acids is 1. The molecular weight excluding hydrogens is 304 g/mol. The van der Waals surface area contributed by atoms with Crippen molar-refractivity contribution in [3.63, 3.8) is 0 Å². The first-order valence-electron chi connectivity index (χ1n) is 8.56. The van der Waals surface area contributed by atoms with Gasteiger partial charge in [-0.05, 0) is 31.7 Å². The molecule has 2 aromatic rings. The maximum Gasteiger partial charge on any atom is 0.222 e. The molecule has 0 aromatic carbocycles. The van der Waals surface area contributed by atoms with Crippen LogP contribution in [0.4, 0.5) is 5.82 Å². The smallest absolute Gasteiger partial charge is 0.222 e. The molecule has 1 amide bonds. The van der Waals surface area contributed by atoms with Crippen LogP contribution in [0.1, 0.15) is 25.0 Å². The second-order valence-corrected chi connectivity index (χ2v) is 6.65. The molecule has 7 nitrogen and oxygen atoms in total. The fourth-order valence-corrected chi connectivity index (χ4v) is 3.06. The molecule has 1 aliphatic carbocycles. The van der Waals surface area contributed by atoms with E-state index in [4.69, 9.17) is 0 Å². The number of amides is 1. The van der Waals surface area contributed by atoms with Crippen molar-refractivity contribution >= 4 is 11.7 Å². The van der Waals surface area contributed by atoms with Gasteiger partial charge in [-0.3, -0.25) is 4.79 Å². The Kier molecular flexibility index (Phi) is 3.92. The molecule has 3 heterocycles. The lowest BCUT2D eigenvalue weighted by Crippen LogP contribution is -2.49. The van der Waals surface area contributed by atoms with E-state index >= 15 is 0 Å². The number of nitrogens with zero attached hydrogens (tertiary/aromatic N) is 6. The third-order valence-corrected chi connectivity index (χ3v) is 4.71. The van der Waals surface area contributed by atoms with Gasteiger partial charge in [-0.15, -0.1) is 0 Å². The third-order valence-electron chi connectivity index (χ3n) is 4.71. The quantitative estimate of drug-likeness (QED) is 0.850. The van der Waals surface area contributed by atoms with Crippen molar-refractivity contribution in [2.75, 3.05) is 31.1 Å². The summed E-state index contributed by atoms with van der Waals surface area (Å²) >= 11 is 0. The highest BCUT2D eigenvalue weighted by Gasteiger charge is 2.28. The number of aromatic nitrogens is 4. The molecule has 0 unspecified atom stereocenters. The average Bonchev–Trinajstić information content (AvgIpc) is 3.32. The number of carbonyl (C=O) groups is 1. The maximum absolute atomic E-state index is 12.2. The monoisotopic (exact) mass is 326 g/mol. The van der Waals surface area contributed by atoms with Gasteiger partial charge in [0.15, 0.2) is 5.82 Å². The number of rotatable bonds is 4. The number of aryl methyl sites for hydroxylation is 1. The highest BCUT2D eigenvalue weighted by atomic mass is 16.2. The average molecular weight is 326 g/mol. The Hall–Kier alpha value is -2.44. The van der Waals surface area contributed by atoms with Crippen molar-refractivity contribution in [3.05, 3.63) is 30.4 Å². The van der Waals surface area contributed by atoms with Crippen molar-refractivity contribution in [2.24, 2.45) is 5.92 Å². The molecule has 0 N–H and O–H groups in total. The van der Waals surface area contributed by atoms with Gasteiger partial charge >= 0.3 is 0 Å². The van der Waals surface area contributed by atoms with Gasteiger partial charge in [0.1, 0.15) is 12.1 Å². The molecule has 1 aliphatic heterocycles. The largest absolute Gasteiger partial charge is 0.353 e. The molecule has 1 saturated carbocycles. The number of hydrogen-bond acceptors (Lipinski definition) is 5. The first kappa shape index (κ1) is 15.1. The van der Waals surface area contributed by atoms with Gasteiger partial charge in [-0.1, -0.05) is 0 Å². The second kappa shape index (κ2) is 6.22. The fraction of sp³-hybridized carbons (Fsp3) is 0.529. The predicted molar refractivity (Wildman–Crippen MR) is 90.0 cm³/mol. The zero-order valence-corrected chi connectivity index (χ0v) is 13.9. The molecule has 126 valence electrons. The van der Waals surface area contributed by atoms with Gasteiger partial charge in [-0.25, -0.2) is 14.6 Å². The molecule has 1 saturated heterocycles. The maximum atomic E-state index is 12.2. The lowest BCUT2D eigenvalue weighted by molar-refractivity contribution is -0.131. The first-order valence-corrected chi connectivity index (χ1v) is 8.56. The van der Waals surface area contributed by atoms with Crippen LogP contribution in [0.15, 0.2) is 24.7 Å². The number of anilines is 1. The van der Waals surface area contributed by atoms with Crippen LogP contribution in [0.2, 0.25) is 0 Å². The lowest BCUT2D eigenvalue weighted by Gasteiger charge is -2.35. The summed E-state index contributed by atoms with van der Waals surface area (Å²) in [5.41, 5.74) is 0.956. The van der Waals surface area contributed by atoms with E-state index in [1.54, 1.807) is 11.0 Å². The van der Waals surface area contributed by atoms with E-state index in [0.29, 0.717) is 11.8 Å². The summed E-state index contributed by atoms with van der Waals surface area (Å²) in [6.45, 7) is 5.12. The van der Waals surface area contributed by atoms with Crippen molar-refractivity contribution in [1.82, 2.24) is 24.6 Å². The van der Waals surface area contributed by atoms with E-state index in [1.807, 2.05) is 30.2 Å². The van der Waals surface area contributed by atoms with Crippen LogP contribution in [-0.4, -0.2) is 56.7 Å². The number of hydrogen-bond donors (Lipinski definition) is 0. The minimum Gasteiger partial charge on any atom is -0.353 e. The van der Waals surface area contributed by atoms with Gasteiger partial charge in [0.05, 0.1) is 5.69 Å². The summed E-state index contributed by atoms with van der Waals surface area (Å²) in [5, 5.41) is 4.39. The summed E-state index contributed by atoms with van der Waals surface area (Å²) in [7, 11) is 0. The van der Waals surface area contributed by atoms with E-state index in [9.17, 15) is 4.79 Å². The molecule has 0 spiro atoms. The summed E-state index contributed by atoms with van der Waals surface area (Å²) < 4.78 is 1.76. The van der Waals surface area contributed by atoms with Gasteiger partial charge < -0.3 is 9.80 Å². The van der Waals surface area contributed by atoms with E-state index in [1.165, 1.54) is 12.8 Å². The van der Waals surface area contributed by atoms with Crippen molar-refractivity contribution in [3.8, 4) is 5.82 Å². The van der Waals surface area contributed by atoms with Crippen LogP contribution in [0.5, 0.6) is 0 Å². The Morgan fingerprint density at radius 2 is 1.92 bits per heavy atom. The van der Waals surface area contributed by atoms with Crippen molar-refractivity contribution in [1.29, 1.82) is 0 Å². The molecular formula is C17H22N6O. The van der Waals surface area contributed by atoms with Gasteiger partial charge in [0.2, 0.25) is 5.91 Å². The standard InChI is InChI=1S/C17H22N6O/c1-13-4-5-23(20-13)16-11-15(18-12-19-16)21-6-8-22(9-7-21)17(24)10-14-2-3-14/h4-5,11-12,14H,2-3,6-10H2,1H3. The lowest BCUT2D eigenvalue weighted by atomic mass is 10.2. The molecule has 4 rings (SSSR count). The van der Waals surface area contributed by atoms with Crippen LogP contribution >= 0.6 is 0 Å². The zero-order valence-electron chi connectivity index (χ0n) is 13.9. The predicted octanol–water partition coefficient (Wildman–Crippen LogP) is 1.42. The Balaban J connectivity index is 1.41. The minimum atomic E-state index is 0.313. The summed E-state index contributed by atoms with van der Waals surface area (Å²) in [4.78, 5) is 25.1. The normalized spacial score (nSPS) is 18.0. The molecule has 2 aromatic heterocycles. The van der Waals surface area contributed by atoms with Crippen LogP contribution in [-0.2, 0) is 4.79 Å². The second-order valence-electron chi connectivity index (χ2n) is 6.65. The zero-order chi connectivity index (χ0) is 16.5. The van der Waals surface area contributed by atoms with E-state index in [-0.39, 0.29) is 0 Å². The first-order chi connectivity index (χ1) is 11.7. The summed E-state index contributed by atoms with van der Waals surface area (Å²) in [6.07, 6.45) is 6.66. The van der Waals surface area contributed by atoms with Crippen molar-refractivity contribution in [2.45, 2.75) is 26.2 Å². The van der Waals surface area contributed by atoms with Crippen LogP contribution in [0.25, 0.3) is 5.82 Å². The highest BCUT2D eigenvalue weighted by Crippen LogP contribution is 2.33. The topological polar surface area (TPSA) is 67.2 Å². The minimum absolute atomic E-state index is 0.313. The molecule has 24 heavy (non-hydrogen) atoms. The van der Waals surface area contributed by atoms with Crippen LogP contribution < -0.4 is 4.90 Å². The Morgan fingerprint density at radius 3 is 2.58 bits per heavy atom. The van der Waals surface area contributed by atoms with Gasteiger partial charge in [0, 0.05) is 44.9 Å². The highest BCUT2D eigenvalue weighted by molar-refractivity contribution is 5.77. The molecule has 0 radical (unpaired) electrons. The Morgan fingerprint density at radius 1 is 1.17 bits per heavy atom. The van der Waals surface area contributed by atoms with Gasteiger partial charge in [0.25, 0.3) is 0 Å². The summed E-state index contributed by atoms with van der Waals surface area (Å²) in [6, 6.07) is 3.90. The Labute approximate surface area is 141 Å². The molecule has 0 bridgehead atoms. The molecule has 7 heteroatoms. The Bertz CT molecular complexity index is 730. The van der Waals surface area contributed by atoms with E-state index in [0.717, 1.165) is 49.9 Å². The van der Waals surface area contributed by atoms with Crippen LogP contribution in [0.3, 0.4) is 0 Å². The molecule has 2 fully saturated rings. The van der Waals surface area contributed by atoms with E-state index < -0.39 is 0 Å².